The molecule has 0 unspecified atom stereocenters. The van der Waals surface area contributed by atoms with Gasteiger partial charge in [-0.2, -0.15) is 0 Å². The second-order valence-corrected chi connectivity index (χ2v) is 4.00. The molecule has 2 aromatic rings. The second kappa shape index (κ2) is 2.68. The molecule has 11 heavy (non-hydrogen) atoms. The molecule has 1 nitrogen and oxygen atoms in total. The van der Waals surface area contributed by atoms with Gasteiger partial charge in [0.05, 0.1) is 0 Å². The molecule has 0 atom stereocenters. The van der Waals surface area contributed by atoms with E-state index < -0.39 is 0 Å². The number of benzene rings is 1. The van der Waals surface area contributed by atoms with E-state index in [1.54, 1.807) is 0 Å². The van der Waals surface area contributed by atoms with E-state index in [-0.39, 0.29) is 0 Å². The smallest absolute Gasteiger partial charge is 0.107 e. The highest BCUT2D eigenvalue weighted by molar-refractivity contribution is 14.1. The molecular weight excluding hydrogens is 272 g/mol. The Labute approximate surface area is 82.9 Å². The topological polar surface area (TPSA) is 15.8 Å². The van der Waals surface area contributed by atoms with Crippen LogP contribution < -0.4 is 0 Å². The summed E-state index contributed by atoms with van der Waals surface area (Å²) in [4.78, 5) is 3.06. The monoisotopic (exact) mass is 277 g/mol. The van der Waals surface area contributed by atoms with E-state index in [1.807, 2.05) is 6.07 Å². The highest BCUT2D eigenvalue weighted by Crippen LogP contribution is 2.20. The quantitative estimate of drug-likeness (QED) is 0.710. The number of hydrogen-bond donors (Lipinski definition) is 1. The van der Waals surface area contributed by atoms with Crippen LogP contribution in [-0.2, 0) is 0 Å². The Kier molecular flexibility index (Phi) is 1.81. The first-order valence-corrected chi connectivity index (χ1v) is 4.65. The summed E-state index contributed by atoms with van der Waals surface area (Å²) in [5.41, 5.74) is 1.10. The molecule has 3 heteroatoms. The molecule has 1 heterocycles. The number of nitrogens with one attached hydrogen (secondary N) is 1. The fourth-order valence-corrected chi connectivity index (χ4v) is 1.77. The SMILES string of the molecule is Clc1cc2ccc(I)cc2[nH]1. The first-order chi connectivity index (χ1) is 5.25. The van der Waals surface area contributed by atoms with Crippen LogP contribution in [0.4, 0.5) is 0 Å². The molecule has 56 valence electrons. The van der Waals surface area contributed by atoms with Gasteiger partial charge in [0.25, 0.3) is 0 Å². The summed E-state index contributed by atoms with van der Waals surface area (Å²) in [7, 11) is 0. The zero-order valence-electron chi connectivity index (χ0n) is 5.57. The minimum Gasteiger partial charge on any atom is -0.346 e. The molecule has 0 bridgehead atoms. The fraction of sp³-hybridized carbons (Fsp3) is 0. The van der Waals surface area contributed by atoms with Crippen LogP contribution in [0.15, 0.2) is 24.3 Å². The van der Waals surface area contributed by atoms with Crippen molar-refractivity contribution in [2.24, 2.45) is 0 Å². The minimum absolute atomic E-state index is 0.696. The fourth-order valence-electron chi connectivity index (χ4n) is 1.06. The Bertz CT molecular complexity index is 394. The molecule has 0 saturated heterocycles. The molecule has 0 aliphatic rings. The maximum Gasteiger partial charge on any atom is 0.107 e. The summed E-state index contributed by atoms with van der Waals surface area (Å²) in [5, 5.41) is 1.86. The number of H-pyrrole nitrogens is 1. The number of aromatic amines is 1. The Morgan fingerprint density at radius 1 is 1.27 bits per heavy atom. The average molecular weight is 277 g/mol. The maximum absolute atomic E-state index is 5.78. The number of rotatable bonds is 0. The van der Waals surface area contributed by atoms with Crippen molar-refractivity contribution in [3.05, 3.63) is 33.0 Å². The third-order valence-corrected chi connectivity index (χ3v) is 2.43. The standard InChI is InChI=1S/C8H5ClIN/c9-8-3-5-1-2-6(10)4-7(5)11-8/h1-4,11H. The molecule has 1 aromatic carbocycles. The molecule has 1 aromatic heterocycles. The van der Waals surface area contributed by atoms with Gasteiger partial charge < -0.3 is 4.98 Å². The van der Waals surface area contributed by atoms with Crippen LogP contribution in [0.1, 0.15) is 0 Å². The third-order valence-electron chi connectivity index (χ3n) is 1.55. The van der Waals surface area contributed by atoms with Crippen molar-refractivity contribution in [1.29, 1.82) is 0 Å². The van der Waals surface area contributed by atoms with Crippen molar-refractivity contribution in [2.75, 3.05) is 0 Å². The molecule has 0 fully saturated rings. The lowest BCUT2D eigenvalue weighted by molar-refractivity contribution is 1.47. The lowest BCUT2D eigenvalue weighted by atomic mass is 10.3. The van der Waals surface area contributed by atoms with Gasteiger partial charge in [-0.3, -0.25) is 0 Å². The Morgan fingerprint density at radius 2 is 2.09 bits per heavy atom. The van der Waals surface area contributed by atoms with Crippen molar-refractivity contribution in [3.8, 4) is 0 Å². The van der Waals surface area contributed by atoms with E-state index in [0.717, 1.165) is 10.9 Å². The van der Waals surface area contributed by atoms with Gasteiger partial charge in [0.1, 0.15) is 5.15 Å². The summed E-state index contributed by atoms with van der Waals surface area (Å²) in [6.45, 7) is 0. The molecule has 0 aliphatic heterocycles. The van der Waals surface area contributed by atoms with Crippen LogP contribution >= 0.6 is 34.2 Å². The second-order valence-electron chi connectivity index (χ2n) is 2.35. The van der Waals surface area contributed by atoms with E-state index in [1.165, 1.54) is 3.57 Å². The zero-order chi connectivity index (χ0) is 7.84. The predicted molar refractivity (Wildman–Crippen MR) is 56.0 cm³/mol. The molecule has 0 spiro atoms. The normalized spacial score (nSPS) is 10.7. The van der Waals surface area contributed by atoms with Crippen molar-refractivity contribution in [1.82, 2.24) is 4.98 Å². The minimum atomic E-state index is 0.696. The number of aromatic nitrogens is 1. The zero-order valence-corrected chi connectivity index (χ0v) is 8.48. The summed E-state index contributed by atoms with van der Waals surface area (Å²) >= 11 is 8.05. The van der Waals surface area contributed by atoms with Crippen LogP contribution in [0.5, 0.6) is 0 Å². The number of hydrogen-bond acceptors (Lipinski definition) is 0. The van der Waals surface area contributed by atoms with Gasteiger partial charge in [-0.15, -0.1) is 0 Å². The highest BCUT2D eigenvalue weighted by atomic mass is 127. The molecular formula is C8H5ClIN. The van der Waals surface area contributed by atoms with Gasteiger partial charge in [-0.1, -0.05) is 17.7 Å². The largest absolute Gasteiger partial charge is 0.346 e. The molecule has 2 rings (SSSR count). The lowest BCUT2D eigenvalue weighted by Crippen LogP contribution is -1.69. The Balaban J connectivity index is 2.82. The summed E-state index contributed by atoms with van der Waals surface area (Å²) in [5.74, 6) is 0. The summed E-state index contributed by atoms with van der Waals surface area (Å²) in [6, 6.07) is 8.11. The molecule has 1 N–H and O–H groups in total. The van der Waals surface area contributed by atoms with Crippen molar-refractivity contribution < 1.29 is 0 Å². The number of halogens is 2. The van der Waals surface area contributed by atoms with Crippen molar-refractivity contribution >= 4 is 45.1 Å². The van der Waals surface area contributed by atoms with E-state index in [4.69, 9.17) is 11.6 Å². The van der Waals surface area contributed by atoms with Crippen LogP contribution in [0.25, 0.3) is 10.9 Å². The van der Waals surface area contributed by atoms with Crippen LogP contribution in [0.2, 0.25) is 5.15 Å². The van der Waals surface area contributed by atoms with Crippen molar-refractivity contribution in [3.63, 3.8) is 0 Å². The molecule has 0 aliphatic carbocycles. The van der Waals surface area contributed by atoms with Crippen molar-refractivity contribution in [2.45, 2.75) is 0 Å². The van der Waals surface area contributed by atoms with Gasteiger partial charge in [0, 0.05) is 14.5 Å². The van der Waals surface area contributed by atoms with Gasteiger partial charge in [0.2, 0.25) is 0 Å². The van der Waals surface area contributed by atoms with Crippen LogP contribution in [0, 0.1) is 3.57 Å². The first-order valence-electron chi connectivity index (χ1n) is 3.19. The first kappa shape index (κ1) is 7.43. The van der Waals surface area contributed by atoms with Gasteiger partial charge >= 0.3 is 0 Å². The van der Waals surface area contributed by atoms with E-state index in [2.05, 4.69) is 45.8 Å². The van der Waals surface area contributed by atoms with E-state index >= 15 is 0 Å². The van der Waals surface area contributed by atoms with Crippen LogP contribution in [-0.4, -0.2) is 4.98 Å². The third kappa shape index (κ3) is 1.37. The maximum atomic E-state index is 5.78. The lowest BCUT2D eigenvalue weighted by Gasteiger charge is -1.89. The van der Waals surface area contributed by atoms with Gasteiger partial charge in [-0.25, -0.2) is 0 Å². The Morgan fingerprint density at radius 3 is 2.91 bits per heavy atom. The molecule has 0 radical (unpaired) electrons. The average Bonchev–Trinajstić information content (AvgIpc) is 2.27. The Hall–Kier alpha value is -0.220. The predicted octanol–water partition coefficient (Wildman–Crippen LogP) is 3.43. The van der Waals surface area contributed by atoms with Crippen LogP contribution in [0.3, 0.4) is 0 Å². The van der Waals surface area contributed by atoms with Gasteiger partial charge in [0.15, 0.2) is 0 Å². The van der Waals surface area contributed by atoms with Gasteiger partial charge in [-0.05, 0) is 40.8 Å². The van der Waals surface area contributed by atoms with E-state index in [9.17, 15) is 0 Å². The molecule has 0 saturated carbocycles. The number of fused-ring (bicyclic) bond motifs is 1. The van der Waals surface area contributed by atoms with E-state index in [0.29, 0.717) is 5.15 Å². The highest BCUT2D eigenvalue weighted by Gasteiger charge is 1.97. The molecule has 0 amide bonds. The summed E-state index contributed by atoms with van der Waals surface area (Å²) < 4.78 is 1.22. The summed E-state index contributed by atoms with van der Waals surface area (Å²) in [6.07, 6.45) is 0.